The highest BCUT2D eigenvalue weighted by molar-refractivity contribution is 6.43. The molecule has 0 saturated heterocycles. The number of carbonyl (C=O) groups is 1. The molecule has 0 spiro atoms. The van der Waals surface area contributed by atoms with Gasteiger partial charge in [-0.15, -0.1) is 0 Å². The molecule has 0 radical (unpaired) electrons. The standard InChI is InChI=1S/C13H16Cl2N2O/c14-11-4-1-3-10(12(11)15)13(18)17-8-2-7-16-9-5-6-9/h1,3-4,9,16H,2,5-8H2,(H,17,18). The van der Waals surface area contributed by atoms with Crippen molar-refractivity contribution in [3.05, 3.63) is 33.8 Å². The third-order valence-electron chi connectivity index (χ3n) is 2.85. The summed E-state index contributed by atoms with van der Waals surface area (Å²) < 4.78 is 0. The average Bonchev–Trinajstić information content (AvgIpc) is 3.16. The minimum atomic E-state index is -0.172. The maximum atomic E-state index is 11.9. The molecule has 0 aromatic heterocycles. The van der Waals surface area contributed by atoms with Gasteiger partial charge in [-0.25, -0.2) is 0 Å². The predicted molar refractivity (Wildman–Crippen MR) is 74.4 cm³/mol. The van der Waals surface area contributed by atoms with Gasteiger partial charge in [-0.1, -0.05) is 29.3 Å². The van der Waals surface area contributed by atoms with Gasteiger partial charge in [-0.3, -0.25) is 4.79 Å². The van der Waals surface area contributed by atoms with Crippen LogP contribution in [-0.4, -0.2) is 25.0 Å². The summed E-state index contributed by atoms with van der Waals surface area (Å²) >= 11 is 11.8. The van der Waals surface area contributed by atoms with E-state index in [1.807, 2.05) is 0 Å². The van der Waals surface area contributed by atoms with Gasteiger partial charge in [0.2, 0.25) is 0 Å². The van der Waals surface area contributed by atoms with Crippen LogP contribution in [0.5, 0.6) is 0 Å². The second kappa shape index (κ2) is 6.41. The Bertz CT molecular complexity index is 433. The number of halogens is 2. The Labute approximate surface area is 117 Å². The third kappa shape index (κ3) is 3.87. The minimum absolute atomic E-state index is 0.172. The van der Waals surface area contributed by atoms with E-state index < -0.39 is 0 Å². The molecule has 5 heteroatoms. The van der Waals surface area contributed by atoms with Crippen LogP contribution in [-0.2, 0) is 0 Å². The van der Waals surface area contributed by atoms with Gasteiger partial charge in [-0.05, 0) is 37.9 Å². The molecule has 0 bridgehead atoms. The van der Waals surface area contributed by atoms with Gasteiger partial charge in [0.25, 0.3) is 5.91 Å². The van der Waals surface area contributed by atoms with E-state index >= 15 is 0 Å². The molecule has 18 heavy (non-hydrogen) atoms. The Hall–Kier alpha value is -0.770. The molecule has 1 aliphatic carbocycles. The van der Waals surface area contributed by atoms with Gasteiger partial charge in [0.05, 0.1) is 15.6 Å². The average molecular weight is 287 g/mol. The molecule has 3 nitrogen and oxygen atoms in total. The summed E-state index contributed by atoms with van der Waals surface area (Å²) in [6, 6.07) is 5.77. The van der Waals surface area contributed by atoms with Crippen LogP contribution in [0.3, 0.4) is 0 Å². The lowest BCUT2D eigenvalue weighted by atomic mass is 10.2. The monoisotopic (exact) mass is 286 g/mol. The van der Waals surface area contributed by atoms with Gasteiger partial charge in [-0.2, -0.15) is 0 Å². The lowest BCUT2D eigenvalue weighted by Gasteiger charge is -2.08. The van der Waals surface area contributed by atoms with Crippen molar-refractivity contribution in [3.63, 3.8) is 0 Å². The molecule has 0 aliphatic heterocycles. The zero-order chi connectivity index (χ0) is 13.0. The predicted octanol–water partition coefficient (Wildman–Crippen LogP) is 2.87. The Morgan fingerprint density at radius 3 is 2.78 bits per heavy atom. The number of amides is 1. The van der Waals surface area contributed by atoms with Crippen LogP contribution in [0.2, 0.25) is 10.0 Å². The minimum Gasteiger partial charge on any atom is -0.352 e. The zero-order valence-electron chi connectivity index (χ0n) is 10.0. The molecule has 0 atom stereocenters. The van der Waals surface area contributed by atoms with Crippen LogP contribution in [0.15, 0.2) is 18.2 Å². The van der Waals surface area contributed by atoms with E-state index in [4.69, 9.17) is 23.2 Å². The van der Waals surface area contributed by atoms with Crippen molar-refractivity contribution in [2.45, 2.75) is 25.3 Å². The molecule has 1 aliphatic rings. The molecule has 0 unspecified atom stereocenters. The van der Waals surface area contributed by atoms with Crippen molar-refractivity contribution in [2.75, 3.05) is 13.1 Å². The number of benzene rings is 1. The van der Waals surface area contributed by atoms with E-state index in [-0.39, 0.29) is 5.91 Å². The van der Waals surface area contributed by atoms with Crippen LogP contribution in [0, 0.1) is 0 Å². The lowest BCUT2D eigenvalue weighted by molar-refractivity contribution is 0.0953. The molecule has 1 saturated carbocycles. The second-order valence-electron chi connectivity index (χ2n) is 4.44. The first-order valence-corrected chi connectivity index (χ1v) is 6.89. The molecular weight excluding hydrogens is 271 g/mol. The number of nitrogens with one attached hydrogen (secondary N) is 2. The smallest absolute Gasteiger partial charge is 0.252 e. The summed E-state index contributed by atoms with van der Waals surface area (Å²) in [6.45, 7) is 1.58. The SMILES string of the molecule is O=C(NCCCNC1CC1)c1cccc(Cl)c1Cl. The van der Waals surface area contributed by atoms with Crippen molar-refractivity contribution in [1.82, 2.24) is 10.6 Å². The van der Waals surface area contributed by atoms with E-state index in [1.54, 1.807) is 18.2 Å². The van der Waals surface area contributed by atoms with Gasteiger partial charge in [0.15, 0.2) is 0 Å². The van der Waals surface area contributed by atoms with Crippen molar-refractivity contribution in [1.29, 1.82) is 0 Å². The van der Waals surface area contributed by atoms with Gasteiger partial charge in [0, 0.05) is 12.6 Å². The molecule has 1 amide bonds. The van der Waals surface area contributed by atoms with Crippen LogP contribution >= 0.6 is 23.2 Å². The maximum Gasteiger partial charge on any atom is 0.252 e. The Balaban J connectivity index is 1.74. The Morgan fingerprint density at radius 1 is 1.28 bits per heavy atom. The van der Waals surface area contributed by atoms with E-state index in [0.29, 0.717) is 28.2 Å². The number of carbonyl (C=O) groups excluding carboxylic acids is 1. The number of hydrogen-bond acceptors (Lipinski definition) is 2. The summed E-state index contributed by atoms with van der Waals surface area (Å²) in [5.41, 5.74) is 0.430. The molecule has 98 valence electrons. The van der Waals surface area contributed by atoms with Crippen molar-refractivity contribution < 1.29 is 4.79 Å². The largest absolute Gasteiger partial charge is 0.352 e. The van der Waals surface area contributed by atoms with Gasteiger partial charge < -0.3 is 10.6 Å². The third-order valence-corrected chi connectivity index (χ3v) is 3.66. The summed E-state index contributed by atoms with van der Waals surface area (Å²) in [5.74, 6) is -0.172. The van der Waals surface area contributed by atoms with E-state index in [9.17, 15) is 4.79 Å². The molecule has 1 aromatic rings. The van der Waals surface area contributed by atoms with Crippen LogP contribution in [0.4, 0.5) is 0 Å². The second-order valence-corrected chi connectivity index (χ2v) is 5.22. The Kier molecular flexibility index (Phi) is 4.87. The lowest BCUT2D eigenvalue weighted by Crippen LogP contribution is -2.28. The van der Waals surface area contributed by atoms with E-state index in [0.717, 1.165) is 13.0 Å². The first kappa shape index (κ1) is 13.7. The first-order valence-electron chi connectivity index (χ1n) is 6.14. The molecule has 1 aromatic carbocycles. The van der Waals surface area contributed by atoms with Gasteiger partial charge >= 0.3 is 0 Å². The van der Waals surface area contributed by atoms with Crippen molar-refractivity contribution in [2.24, 2.45) is 0 Å². The molecule has 2 rings (SSSR count). The maximum absolute atomic E-state index is 11.9. The highest BCUT2D eigenvalue weighted by Gasteiger charge is 2.19. The molecule has 2 N–H and O–H groups in total. The zero-order valence-corrected chi connectivity index (χ0v) is 11.5. The van der Waals surface area contributed by atoms with Crippen molar-refractivity contribution in [3.8, 4) is 0 Å². The summed E-state index contributed by atoms with van der Waals surface area (Å²) in [6.07, 6.45) is 3.48. The van der Waals surface area contributed by atoms with E-state index in [1.165, 1.54) is 12.8 Å². The van der Waals surface area contributed by atoms with Crippen LogP contribution in [0.25, 0.3) is 0 Å². The fourth-order valence-corrected chi connectivity index (χ4v) is 2.04. The highest BCUT2D eigenvalue weighted by Crippen LogP contribution is 2.25. The van der Waals surface area contributed by atoms with Gasteiger partial charge in [0.1, 0.15) is 0 Å². The highest BCUT2D eigenvalue weighted by atomic mass is 35.5. The number of rotatable bonds is 6. The summed E-state index contributed by atoms with van der Waals surface area (Å²) in [4.78, 5) is 11.9. The quantitative estimate of drug-likeness (QED) is 0.790. The Morgan fingerprint density at radius 2 is 2.06 bits per heavy atom. The van der Waals surface area contributed by atoms with Crippen LogP contribution in [0.1, 0.15) is 29.6 Å². The van der Waals surface area contributed by atoms with Crippen molar-refractivity contribution >= 4 is 29.1 Å². The fourth-order valence-electron chi connectivity index (χ4n) is 1.66. The molecule has 0 heterocycles. The topological polar surface area (TPSA) is 41.1 Å². The molecular formula is C13H16Cl2N2O. The summed E-state index contributed by atoms with van der Waals surface area (Å²) in [5, 5.41) is 6.95. The van der Waals surface area contributed by atoms with E-state index in [2.05, 4.69) is 10.6 Å². The molecule has 1 fully saturated rings. The summed E-state index contributed by atoms with van der Waals surface area (Å²) in [7, 11) is 0. The van der Waals surface area contributed by atoms with Crippen LogP contribution < -0.4 is 10.6 Å². The number of hydrogen-bond donors (Lipinski definition) is 2. The fraction of sp³-hybridized carbons (Fsp3) is 0.462. The normalized spacial score (nSPS) is 14.6. The first-order chi connectivity index (χ1) is 8.68.